The fraction of sp³-hybridized carbons (Fsp3) is 0.0714. The molecule has 2 aromatic carbocycles. The lowest BCUT2D eigenvalue weighted by molar-refractivity contribution is 0.234. The molecule has 0 saturated carbocycles. The lowest BCUT2D eigenvalue weighted by Crippen LogP contribution is -2.11. The second kappa shape index (κ2) is 6.30. The van der Waals surface area contributed by atoms with Crippen LogP contribution in [0.25, 0.3) is 0 Å². The van der Waals surface area contributed by atoms with Gasteiger partial charge in [0.1, 0.15) is 11.5 Å². The van der Waals surface area contributed by atoms with Crippen molar-refractivity contribution < 1.29 is 21.9 Å². The largest absolute Gasteiger partial charge is 0.456 e. The first-order valence-corrected chi connectivity index (χ1v) is 7.76. The molecule has 0 fully saturated rings. The van der Waals surface area contributed by atoms with Gasteiger partial charge in [0.25, 0.3) is 0 Å². The first kappa shape index (κ1) is 16.2. The van der Waals surface area contributed by atoms with Crippen LogP contribution >= 0.6 is 11.6 Å². The smallest absolute Gasteiger partial charge is 0.341 e. The van der Waals surface area contributed by atoms with Crippen molar-refractivity contribution in [2.45, 2.75) is 10.7 Å². The molecule has 8 heteroatoms. The van der Waals surface area contributed by atoms with Crippen LogP contribution in [-0.2, 0) is 9.84 Å². The Kier molecular flexibility index (Phi) is 4.64. The number of halogens is 3. The first-order valence-electron chi connectivity index (χ1n) is 5.84. The molecule has 2 rings (SSSR count). The quantitative estimate of drug-likeness (QED) is 0.841. The van der Waals surface area contributed by atoms with Crippen LogP contribution in [0, 0.1) is 11.3 Å². The number of ether oxygens (including phenoxy) is 1. The molecule has 0 aliphatic carbocycles. The van der Waals surface area contributed by atoms with Crippen LogP contribution in [0.3, 0.4) is 0 Å². The van der Waals surface area contributed by atoms with E-state index in [0.29, 0.717) is 5.56 Å². The highest BCUT2D eigenvalue weighted by atomic mass is 35.5. The lowest BCUT2D eigenvalue weighted by atomic mass is 10.2. The Morgan fingerprint density at radius 2 is 1.77 bits per heavy atom. The highest BCUT2D eigenvalue weighted by molar-refractivity contribution is 7.91. The van der Waals surface area contributed by atoms with Gasteiger partial charge in [0.2, 0.25) is 9.84 Å². The van der Waals surface area contributed by atoms with Crippen LogP contribution in [0.1, 0.15) is 5.56 Å². The molecule has 0 amide bonds. The maximum atomic E-state index is 12.4. The van der Waals surface area contributed by atoms with Gasteiger partial charge in [-0.2, -0.15) is 14.0 Å². The number of hydrogen-bond acceptors (Lipinski definition) is 4. The molecule has 0 saturated heterocycles. The SMILES string of the molecule is N#Cc1ccc(Oc2ccc(S(=O)(=O)C(F)F)cc2)c(Cl)c1. The number of benzene rings is 2. The fourth-order valence-electron chi connectivity index (χ4n) is 1.58. The van der Waals surface area contributed by atoms with Crippen molar-refractivity contribution in [2.24, 2.45) is 0 Å². The van der Waals surface area contributed by atoms with Gasteiger partial charge in [0.15, 0.2) is 0 Å². The molecule has 2 aromatic rings. The van der Waals surface area contributed by atoms with Crippen LogP contribution in [0.4, 0.5) is 8.78 Å². The monoisotopic (exact) mass is 343 g/mol. The van der Waals surface area contributed by atoms with Crippen molar-refractivity contribution in [3.63, 3.8) is 0 Å². The molecule has 114 valence electrons. The summed E-state index contributed by atoms with van der Waals surface area (Å²) in [6.45, 7) is 0. The van der Waals surface area contributed by atoms with E-state index in [0.717, 1.165) is 12.1 Å². The Bertz CT molecular complexity index is 830. The van der Waals surface area contributed by atoms with Crippen molar-refractivity contribution in [3.8, 4) is 17.6 Å². The Morgan fingerprint density at radius 1 is 1.14 bits per heavy atom. The maximum absolute atomic E-state index is 12.4. The van der Waals surface area contributed by atoms with Crippen molar-refractivity contribution in [1.29, 1.82) is 5.26 Å². The van der Waals surface area contributed by atoms with Crippen molar-refractivity contribution in [2.75, 3.05) is 0 Å². The number of rotatable bonds is 4. The third-order valence-corrected chi connectivity index (χ3v) is 4.37. The molecule has 0 atom stereocenters. The van der Waals surface area contributed by atoms with E-state index < -0.39 is 20.5 Å². The summed E-state index contributed by atoms with van der Waals surface area (Å²) in [5.74, 6) is -3.00. The minimum absolute atomic E-state index is 0.198. The van der Waals surface area contributed by atoms with Crippen LogP contribution < -0.4 is 4.74 Å². The van der Waals surface area contributed by atoms with Gasteiger partial charge in [-0.3, -0.25) is 0 Å². The zero-order valence-electron chi connectivity index (χ0n) is 10.8. The number of nitriles is 1. The summed E-state index contributed by atoms with van der Waals surface area (Å²) in [4.78, 5) is -0.499. The first-order chi connectivity index (χ1) is 10.3. The van der Waals surface area contributed by atoms with E-state index in [1.165, 1.54) is 30.3 Å². The average Bonchev–Trinajstić information content (AvgIpc) is 2.49. The second-order valence-corrected chi connectivity index (χ2v) is 6.46. The Balaban J connectivity index is 2.24. The van der Waals surface area contributed by atoms with Gasteiger partial charge in [0, 0.05) is 0 Å². The maximum Gasteiger partial charge on any atom is 0.341 e. The zero-order chi connectivity index (χ0) is 16.3. The van der Waals surface area contributed by atoms with Gasteiger partial charge in [-0.1, -0.05) is 11.6 Å². The molecule has 0 spiro atoms. The lowest BCUT2D eigenvalue weighted by Gasteiger charge is -2.09. The van der Waals surface area contributed by atoms with Crippen molar-refractivity contribution >= 4 is 21.4 Å². The average molecular weight is 344 g/mol. The molecule has 0 unspecified atom stereocenters. The van der Waals surface area contributed by atoms with E-state index >= 15 is 0 Å². The van der Waals surface area contributed by atoms with Gasteiger partial charge in [-0.25, -0.2) is 8.42 Å². The van der Waals surface area contributed by atoms with Crippen molar-refractivity contribution in [3.05, 3.63) is 53.1 Å². The summed E-state index contributed by atoms with van der Waals surface area (Å²) in [6.07, 6.45) is 0. The topological polar surface area (TPSA) is 67.2 Å². The van der Waals surface area contributed by atoms with Crippen LogP contribution in [-0.4, -0.2) is 14.2 Å². The Morgan fingerprint density at radius 3 is 2.27 bits per heavy atom. The minimum atomic E-state index is -4.63. The Labute approximate surface area is 130 Å². The standard InChI is InChI=1S/C14H8ClF2NO3S/c15-12-7-9(8-18)1-6-13(12)21-10-2-4-11(5-3-10)22(19,20)14(16)17/h1-7,14H. The molecule has 0 aromatic heterocycles. The summed E-state index contributed by atoms with van der Waals surface area (Å²) in [7, 11) is -4.63. The van der Waals surface area contributed by atoms with E-state index in [-0.39, 0.29) is 16.5 Å². The summed E-state index contributed by atoms with van der Waals surface area (Å²) in [6, 6.07) is 10.8. The fourth-order valence-corrected chi connectivity index (χ4v) is 2.52. The van der Waals surface area contributed by atoms with Gasteiger partial charge in [0.05, 0.1) is 21.6 Å². The molecular weight excluding hydrogens is 336 g/mol. The third kappa shape index (κ3) is 3.35. The van der Waals surface area contributed by atoms with E-state index in [9.17, 15) is 17.2 Å². The molecule has 0 aliphatic rings. The summed E-state index contributed by atoms with van der Waals surface area (Å²) >= 11 is 5.93. The van der Waals surface area contributed by atoms with Gasteiger partial charge in [-0.15, -0.1) is 0 Å². The molecule has 0 aliphatic heterocycles. The number of hydrogen-bond donors (Lipinski definition) is 0. The number of sulfone groups is 1. The highest BCUT2D eigenvalue weighted by Gasteiger charge is 2.26. The van der Waals surface area contributed by atoms with E-state index in [1.54, 1.807) is 0 Å². The van der Waals surface area contributed by atoms with E-state index in [4.69, 9.17) is 21.6 Å². The number of alkyl halides is 2. The van der Waals surface area contributed by atoms with Crippen LogP contribution in [0.5, 0.6) is 11.5 Å². The molecule has 0 bridgehead atoms. The second-order valence-electron chi connectivity index (χ2n) is 4.14. The van der Waals surface area contributed by atoms with Gasteiger partial charge < -0.3 is 4.74 Å². The minimum Gasteiger partial charge on any atom is -0.456 e. The van der Waals surface area contributed by atoms with Crippen LogP contribution in [0.15, 0.2) is 47.4 Å². The van der Waals surface area contributed by atoms with Crippen molar-refractivity contribution in [1.82, 2.24) is 0 Å². The number of nitrogens with zero attached hydrogens (tertiary/aromatic N) is 1. The molecule has 0 heterocycles. The summed E-state index contributed by atoms with van der Waals surface area (Å²) in [5, 5.41) is 8.92. The third-order valence-electron chi connectivity index (χ3n) is 2.68. The highest BCUT2D eigenvalue weighted by Crippen LogP contribution is 2.31. The molecule has 0 radical (unpaired) electrons. The normalized spacial score (nSPS) is 11.2. The van der Waals surface area contributed by atoms with Gasteiger partial charge in [-0.05, 0) is 42.5 Å². The molecule has 0 N–H and O–H groups in total. The summed E-state index contributed by atoms with van der Waals surface area (Å²) < 4.78 is 52.8. The predicted octanol–water partition coefficient (Wildman–Crippen LogP) is 4.00. The van der Waals surface area contributed by atoms with Crippen LogP contribution in [0.2, 0.25) is 5.02 Å². The summed E-state index contributed by atoms with van der Waals surface area (Å²) in [5.41, 5.74) is 0.357. The molecular formula is C14H8ClF2NO3S. The van der Waals surface area contributed by atoms with E-state index in [1.807, 2.05) is 6.07 Å². The molecule has 4 nitrogen and oxygen atoms in total. The van der Waals surface area contributed by atoms with E-state index in [2.05, 4.69) is 0 Å². The van der Waals surface area contributed by atoms with Gasteiger partial charge >= 0.3 is 5.76 Å². The molecule has 22 heavy (non-hydrogen) atoms. The predicted molar refractivity (Wildman–Crippen MR) is 75.9 cm³/mol. The zero-order valence-corrected chi connectivity index (χ0v) is 12.4. The Hall–Kier alpha value is -2.17.